The number of H-pyrrole nitrogens is 1. The lowest BCUT2D eigenvalue weighted by Gasteiger charge is -2.13. The van der Waals surface area contributed by atoms with Crippen molar-refractivity contribution in [3.8, 4) is 23.0 Å². The number of benzene rings is 2. The van der Waals surface area contributed by atoms with Crippen molar-refractivity contribution in [1.82, 2.24) is 14.5 Å². The second-order valence-corrected chi connectivity index (χ2v) is 8.05. The lowest BCUT2D eigenvalue weighted by Crippen LogP contribution is -2.17. The van der Waals surface area contributed by atoms with Gasteiger partial charge in [0.15, 0.2) is 11.6 Å². The van der Waals surface area contributed by atoms with Crippen LogP contribution < -0.4 is 10.3 Å². The predicted octanol–water partition coefficient (Wildman–Crippen LogP) is 3.52. The predicted molar refractivity (Wildman–Crippen MR) is 123 cm³/mol. The average molecular weight is 445 g/mol. The van der Waals surface area contributed by atoms with E-state index in [1.54, 1.807) is 36.5 Å². The summed E-state index contributed by atoms with van der Waals surface area (Å²) in [5.41, 5.74) is 1.41. The van der Waals surface area contributed by atoms with Crippen molar-refractivity contribution >= 4 is 16.7 Å². The molecule has 1 saturated heterocycles. The zero-order valence-corrected chi connectivity index (χ0v) is 18.1. The SMILES string of the molecule is COc1ccc(O)c(C(=O)c2cc(-c3nc4ccccc4c(=O)[nH]3)n(C[C@@H]3CCCO3)c2)c1. The summed E-state index contributed by atoms with van der Waals surface area (Å²) in [4.78, 5) is 33.4. The van der Waals surface area contributed by atoms with Crippen LogP contribution in [0.2, 0.25) is 0 Å². The standard InChI is InChI=1S/C25H23N3O5/c1-32-16-8-9-22(29)19(12-16)23(30)15-11-21(28(13-15)14-17-5-4-10-33-17)24-26-20-7-3-2-6-18(20)25(31)27-24/h2-3,6-9,11-13,17,29H,4-5,10,14H2,1H3,(H,26,27,31)/t17-/m0/s1. The molecule has 0 radical (unpaired) electrons. The number of methoxy groups -OCH3 is 1. The highest BCUT2D eigenvalue weighted by Crippen LogP contribution is 2.29. The number of para-hydroxylation sites is 1. The van der Waals surface area contributed by atoms with Crippen LogP contribution in [0, 0.1) is 0 Å². The first-order chi connectivity index (χ1) is 16.0. The maximum absolute atomic E-state index is 13.3. The van der Waals surface area contributed by atoms with E-state index in [9.17, 15) is 14.7 Å². The molecule has 2 N–H and O–H groups in total. The number of aromatic hydroxyl groups is 1. The number of ether oxygens (including phenoxy) is 2. The van der Waals surface area contributed by atoms with E-state index >= 15 is 0 Å². The molecule has 8 heteroatoms. The van der Waals surface area contributed by atoms with Crippen LogP contribution in [0.15, 0.2) is 59.5 Å². The molecule has 0 saturated carbocycles. The molecule has 33 heavy (non-hydrogen) atoms. The Morgan fingerprint density at radius 1 is 1.27 bits per heavy atom. The first-order valence-electron chi connectivity index (χ1n) is 10.8. The smallest absolute Gasteiger partial charge is 0.259 e. The van der Waals surface area contributed by atoms with Crippen LogP contribution in [0.3, 0.4) is 0 Å². The van der Waals surface area contributed by atoms with Crippen molar-refractivity contribution in [2.45, 2.75) is 25.5 Å². The number of phenolic OH excluding ortho intramolecular Hbond substituents is 1. The average Bonchev–Trinajstić information content (AvgIpc) is 3.49. The molecule has 2 aromatic heterocycles. The molecule has 3 heterocycles. The molecule has 1 atom stereocenters. The van der Waals surface area contributed by atoms with Crippen LogP contribution in [0.5, 0.6) is 11.5 Å². The minimum absolute atomic E-state index is 0.0107. The van der Waals surface area contributed by atoms with Crippen LogP contribution in [-0.2, 0) is 11.3 Å². The van der Waals surface area contributed by atoms with Gasteiger partial charge in [-0.05, 0) is 49.2 Å². The fraction of sp³-hybridized carbons (Fsp3) is 0.240. The summed E-state index contributed by atoms with van der Waals surface area (Å²) in [6.07, 6.45) is 3.62. The van der Waals surface area contributed by atoms with E-state index in [0.29, 0.717) is 46.9 Å². The molecule has 1 aliphatic heterocycles. The van der Waals surface area contributed by atoms with E-state index in [-0.39, 0.29) is 28.8 Å². The van der Waals surface area contributed by atoms with Crippen molar-refractivity contribution in [2.24, 2.45) is 0 Å². The second-order valence-electron chi connectivity index (χ2n) is 8.05. The third kappa shape index (κ3) is 4.01. The number of phenols is 1. The van der Waals surface area contributed by atoms with Crippen molar-refractivity contribution in [3.63, 3.8) is 0 Å². The molecule has 5 rings (SSSR count). The zero-order chi connectivity index (χ0) is 22.9. The summed E-state index contributed by atoms with van der Waals surface area (Å²) in [5, 5.41) is 10.8. The maximum Gasteiger partial charge on any atom is 0.259 e. The van der Waals surface area contributed by atoms with Gasteiger partial charge in [0.25, 0.3) is 5.56 Å². The Hall–Kier alpha value is -3.91. The minimum Gasteiger partial charge on any atom is -0.507 e. The molecule has 168 valence electrons. The fourth-order valence-electron chi connectivity index (χ4n) is 4.18. The summed E-state index contributed by atoms with van der Waals surface area (Å²) in [6.45, 7) is 1.22. The summed E-state index contributed by atoms with van der Waals surface area (Å²) in [5.74, 6) is 0.342. The number of carbonyl (C=O) groups is 1. The van der Waals surface area contributed by atoms with E-state index in [1.807, 2.05) is 10.6 Å². The quantitative estimate of drug-likeness (QED) is 0.440. The number of carbonyl (C=O) groups excluding carboxylic acids is 1. The molecule has 0 amide bonds. The highest BCUT2D eigenvalue weighted by atomic mass is 16.5. The lowest BCUT2D eigenvalue weighted by molar-refractivity contribution is 0.0970. The van der Waals surface area contributed by atoms with Gasteiger partial charge in [-0.2, -0.15) is 0 Å². The second kappa shape index (κ2) is 8.55. The van der Waals surface area contributed by atoms with Crippen LogP contribution in [0.25, 0.3) is 22.4 Å². The van der Waals surface area contributed by atoms with Gasteiger partial charge in [-0.25, -0.2) is 4.98 Å². The molecular weight excluding hydrogens is 422 g/mol. The van der Waals surface area contributed by atoms with E-state index in [1.165, 1.54) is 19.2 Å². The monoisotopic (exact) mass is 445 g/mol. The van der Waals surface area contributed by atoms with E-state index in [4.69, 9.17) is 9.47 Å². The Morgan fingerprint density at radius 3 is 2.91 bits per heavy atom. The largest absolute Gasteiger partial charge is 0.507 e. The van der Waals surface area contributed by atoms with Crippen LogP contribution in [-0.4, -0.2) is 45.2 Å². The number of nitrogens with one attached hydrogen (secondary N) is 1. The van der Waals surface area contributed by atoms with Crippen molar-refractivity contribution in [3.05, 3.63) is 76.2 Å². The van der Waals surface area contributed by atoms with Gasteiger partial charge in [-0.1, -0.05) is 12.1 Å². The molecule has 1 aliphatic rings. The van der Waals surface area contributed by atoms with Gasteiger partial charge in [-0.15, -0.1) is 0 Å². The summed E-state index contributed by atoms with van der Waals surface area (Å²) < 4.78 is 12.9. The first kappa shape index (κ1) is 21.0. The number of hydrogen-bond donors (Lipinski definition) is 2. The number of ketones is 1. The first-order valence-corrected chi connectivity index (χ1v) is 10.8. The van der Waals surface area contributed by atoms with Crippen molar-refractivity contribution in [2.75, 3.05) is 13.7 Å². The van der Waals surface area contributed by atoms with Gasteiger partial charge >= 0.3 is 0 Å². The Morgan fingerprint density at radius 2 is 2.12 bits per heavy atom. The van der Waals surface area contributed by atoms with Crippen LogP contribution >= 0.6 is 0 Å². The number of nitrogens with zero attached hydrogens (tertiary/aromatic N) is 2. The van der Waals surface area contributed by atoms with Gasteiger partial charge in [0.1, 0.15) is 11.5 Å². The zero-order valence-electron chi connectivity index (χ0n) is 18.1. The van der Waals surface area contributed by atoms with Crippen molar-refractivity contribution in [1.29, 1.82) is 0 Å². The van der Waals surface area contributed by atoms with Crippen molar-refractivity contribution < 1.29 is 19.4 Å². The van der Waals surface area contributed by atoms with Gasteiger partial charge in [0, 0.05) is 24.9 Å². The Kier molecular flexibility index (Phi) is 5.43. The number of fused-ring (bicyclic) bond motifs is 1. The van der Waals surface area contributed by atoms with E-state index in [2.05, 4.69) is 9.97 Å². The Labute approximate surface area is 189 Å². The number of hydrogen-bond acceptors (Lipinski definition) is 6. The maximum atomic E-state index is 13.3. The molecule has 4 aromatic rings. The van der Waals surface area contributed by atoms with Gasteiger partial charge in [0.2, 0.25) is 0 Å². The number of aromatic nitrogens is 3. The normalized spacial score (nSPS) is 15.7. The molecule has 1 fully saturated rings. The third-order valence-corrected chi connectivity index (χ3v) is 5.89. The third-order valence-electron chi connectivity index (χ3n) is 5.89. The number of aromatic amines is 1. The summed E-state index contributed by atoms with van der Waals surface area (Å²) in [6, 6.07) is 13.3. The summed E-state index contributed by atoms with van der Waals surface area (Å²) >= 11 is 0. The molecular formula is C25H23N3O5. The highest BCUT2D eigenvalue weighted by Gasteiger charge is 2.23. The number of rotatable bonds is 6. The van der Waals surface area contributed by atoms with Gasteiger partial charge in [0.05, 0.1) is 35.4 Å². The molecule has 8 nitrogen and oxygen atoms in total. The minimum atomic E-state index is -0.359. The van der Waals surface area contributed by atoms with Crippen LogP contribution in [0.1, 0.15) is 28.8 Å². The van der Waals surface area contributed by atoms with Gasteiger partial charge < -0.3 is 24.1 Å². The molecule has 2 aromatic carbocycles. The highest BCUT2D eigenvalue weighted by molar-refractivity contribution is 6.11. The Balaban J connectivity index is 1.61. The van der Waals surface area contributed by atoms with E-state index < -0.39 is 0 Å². The fourth-order valence-corrected chi connectivity index (χ4v) is 4.18. The Bertz CT molecular complexity index is 1400. The lowest BCUT2D eigenvalue weighted by atomic mass is 10.0. The van der Waals surface area contributed by atoms with E-state index in [0.717, 1.165) is 12.8 Å². The van der Waals surface area contributed by atoms with Crippen LogP contribution in [0.4, 0.5) is 0 Å². The molecule has 0 unspecified atom stereocenters. The van der Waals surface area contributed by atoms with Gasteiger partial charge in [-0.3, -0.25) is 9.59 Å². The molecule has 0 spiro atoms. The summed E-state index contributed by atoms with van der Waals surface area (Å²) in [7, 11) is 1.50. The topological polar surface area (TPSA) is 106 Å². The molecule has 0 bridgehead atoms. The molecule has 0 aliphatic carbocycles.